The van der Waals surface area contributed by atoms with Crippen molar-refractivity contribution in [3.8, 4) is 0 Å². The molecule has 2 fully saturated rings. The molecule has 0 saturated carbocycles. The number of aliphatic carboxylic acids is 4. The second-order valence-electron chi connectivity index (χ2n) is 33.5. The maximum atomic E-state index is 11.6. The van der Waals surface area contributed by atoms with E-state index < -0.39 is 23.9 Å². The minimum atomic E-state index is -1.06. The highest BCUT2D eigenvalue weighted by Crippen LogP contribution is 2.88. The summed E-state index contributed by atoms with van der Waals surface area (Å²) in [4.78, 5) is 54.8. The highest BCUT2D eigenvalue weighted by molar-refractivity contribution is 6.77. The van der Waals surface area contributed by atoms with Gasteiger partial charge < -0.3 is 39.4 Å². The Bertz CT molecular complexity index is 7730. The highest BCUT2D eigenvalue weighted by atomic mass is 16.5. The molecule has 0 bridgehead atoms. The van der Waals surface area contributed by atoms with Crippen LogP contribution in [-0.4, -0.2) is 195 Å². The standard InChI is InChI=1S/C84H44N4O12/c89-21(90)13-85(14-22(91)92)1-5-97-9-11-99-7-3-87-17-81-73-57-41-29-27-25-26-28-30-32-37-47-35(28)45(33(25)41)61(73)63(47)75-65-49(37)40-44(32)60-58-42(30)34(26)46-36(27)48-38-31(29)43-39-50(38)66-70-54-51(39)67(77(81)59(43)57)71-55(54)56-53(69(65)79(71)83(75,81)19-87)52(40)68-72(56)80(70)84-20-88(18-82(84,78(60)68)74(58)62(46)64(48)76(66)84)4-8-100-12-10-98-6-2-86(15-23(93)94)16-24(95)96/h1-20H2,(H,89,90)(H,91,92)(H,93,94)(H,95,96). The summed E-state index contributed by atoms with van der Waals surface area (Å²) in [5.74, 6) is -4.26. The second kappa shape index (κ2) is 13.1. The van der Waals surface area contributed by atoms with Crippen LogP contribution < -0.4 is 0 Å². The van der Waals surface area contributed by atoms with Crippen LogP contribution in [0.15, 0.2) is 0 Å². The van der Waals surface area contributed by atoms with E-state index in [-0.39, 0.29) is 74.1 Å². The molecule has 10 aliphatic rings. The Morgan fingerprint density at radius 2 is 0.390 bits per heavy atom. The quantitative estimate of drug-likeness (QED) is 0.0295. The summed E-state index contributed by atoms with van der Waals surface area (Å²) in [6.07, 6.45) is 0. The molecule has 16 heteroatoms. The van der Waals surface area contributed by atoms with E-state index in [9.17, 15) is 39.6 Å². The van der Waals surface area contributed by atoms with E-state index in [1.165, 1.54) is 9.80 Å². The molecule has 8 aliphatic carbocycles. The SMILES string of the molecule is O=C(O)CN(CCOCCOCCN1CC23c4c5c6c7c8c9c(c%10c%11c2c2c4c4c%12c%13c%14c%15c%16c%17c%18c%19c%20c%21c%22c(c%13c4c4c2c2c%11c%11c%10c%10c9c9c%13c8c(c6c%15c5%12)c%16c%13c%18c5c%19c6c%21c(c2c%224)c%11c6c%10c59)C%202CN(CCOCCOCCN(CC(=O)O)CC(=O)O)CC%14%172)C73C1)CC(=O)O. The number of nitrogens with zero attached hydrogens (tertiary/aromatic N) is 4. The van der Waals surface area contributed by atoms with Crippen molar-refractivity contribution in [1.29, 1.82) is 0 Å². The van der Waals surface area contributed by atoms with Gasteiger partial charge in [-0.25, -0.2) is 0 Å². The fraction of sp³-hybridized carbons (Fsp3) is 0.286. The Kier molecular flexibility index (Phi) is 6.31. The lowest BCUT2D eigenvalue weighted by molar-refractivity contribution is -0.144. The van der Waals surface area contributed by atoms with E-state index in [0.717, 1.165) is 39.3 Å². The first-order valence-electron chi connectivity index (χ1n) is 36.1. The van der Waals surface area contributed by atoms with Crippen LogP contribution in [0.3, 0.4) is 0 Å². The zero-order chi connectivity index (χ0) is 63.9. The molecule has 0 aromatic heterocycles. The number of hydrogen-bond donors (Lipinski definition) is 4. The molecule has 34 rings (SSSR count). The summed E-state index contributed by atoms with van der Waals surface area (Å²) in [5, 5.41) is 114. The molecule has 2 saturated heterocycles. The van der Waals surface area contributed by atoms with E-state index in [4.69, 9.17) is 18.9 Å². The largest absolute Gasteiger partial charge is 0.480 e. The normalized spacial score (nSPS) is 23.6. The molecule has 4 N–H and O–H groups in total. The monoisotopic (exact) mass is 1300 g/mol. The average Bonchev–Trinajstić information content (AvgIpc) is 1.37. The molecule has 16 nitrogen and oxygen atoms in total. The van der Waals surface area contributed by atoms with Gasteiger partial charge >= 0.3 is 23.9 Å². The summed E-state index contributed by atoms with van der Waals surface area (Å²) in [6.45, 7) is 7.13. The smallest absolute Gasteiger partial charge is 0.317 e. The third kappa shape index (κ3) is 3.57. The topological polar surface area (TPSA) is 199 Å². The molecule has 472 valence electrons. The van der Waals surface area contributed by atoms with Crippen LogP contribution in [0.2, 0.25) is 0 Å². The van der Waals surface area contributed by atoms with Gasteiger partial charge in [-0.2, -0.15) is 0 Å². The highest BCUT2D eigenvalue weighted by Gasteiger charge is 2.76. The molecule has 24 aromatic rings. The number of carboxylic acid groups (broad SMARTS) is 4. The van der Waals surface area contributed by atoms with Gasteiger partial charge in [0.2, 0.25) is 0 Å². The van der Waals surface area contributed by atoms with Crippen molar-refractivity contribution in [2.45, 2.75) is 21.7 Å². The van der Waals surface area contributed by atoms with E-state index in [0.29, 0.717) is 39.6 Å². The lowest BCUT2D eigenvalue weighted by Crippen LogP contribution is -2.51. The number of rotatable bonds is 26. The van der Waals surface area contributed by atoms with Crippen LogP contribution in [0.1, 0.15) is 44.5 Å². The van der Waals surface area contributed by atoms with Gasteiger partial charge in [0.25, 0.3) is 0 Å². The summed E-state index contributed by atoms with van der Waals surface area (Å²) in [5.41, 5.74) is 11.9. The summed E-state index contributed by atoms with van der Waals surface area (Å²) >= 11 is 0. The Hall–Kier alpha value is -9.72. The van der Waals surface area contributed by atoms with Gasteiger partial charge in [-0.3, -0.25) is 38.8 Å². The Labute approximate surface area is 555 Å². The fourth-order valence-corrected chi connectivity index (χ4v) is 30.2. The van der Waals surface area contributed by atoms with E-state index in [1.54, 1.807) is 303 Å². The predicted molar refractivity (Wildman–Crippen MR) is 387 cm³/mol. The molecule has 0 amide bonds. The Morgan fingerprint density at radius 1 is 0.240 bits per heavy atom. The zero-order valence-electron chi connectivity index (χ0n) is 53.0. The zero-order valence-corrected chi connectivity index (χ0v) is 53.0. The van der Waals surface area contributed by atoms with Crippen molar-refractivity contribution in [3.63, 3.8) is 0 Å². The van der Waals surface area contributed by atoms with Gasteiger partial charge in [-0.15, -0.1) is 0 Å². The van der Waals surface area contributed by atoms with Crippen LogP contribution in [0, 0.1) is 0 Å². The summed E-state index contributed by atoms with van der Waals surface area (Å²) < 4.78 is 25.3. The number of benzene rings is 16. The molecule has 2 heterocycles. The van der Waals surface area contributed by atoms with Gasteiger partial charge in [0.05, 0.1) is 101 Å². The van der Waals surface area contributed by atoms with Crippen molar-refractivity contribution >= 4 is 282 Å². The molecule has 4 spiro atoms. The number of ether oxygens (including phenoxy) is 4. The van der Waals surface area contributed by atoms with Gasteiger partial charge in [0.1, 0.15) is 0 Å². The third-order valence-corrected chi connectivity index (χ3v) is 31.1. The number of hydrogen-bond acceptors (Lipinski definition) is 12. The maximum absolute atomic E-state index is 11.6. The van der Waals surface area contributed by atoms with E-state index >= 15 is 0 Å². The lowest BCUT2D eigenvalue weighted by Gasteiger charge is -2.50. The van der Waals surface area contributed by atoms with Gasteiger partial charge in [0.15, 0.2) is 0 Å². The fourth-order valence-electron chi connectivity index (χ4n) is 30.2. The molecule has 4 unspecified atom stereocenters. The molecule has 2 aliphatic heterocycles. The van der Waals surface area contributed by atoms with Gasteiger partial charge in [-0.1, -0.05) is 0 Å². The molecule has 100 heavy (non-hydrogen) atoms. The van der Waals surface area contributed by atoms with Crippen LogP contribution in [-0.2, 0) is 59.8 Å². The van der Waals surface area contributed by atoms with Gasteiger partial charge in [0, 0.05) is 52.4 Å². The molecule has 0 radical (unpaired) electrons. The summed E-state index contributed by atoms with van der Waals surface area (Å²) in [7, 11) is 0. The van der Waals surface area contributed by atoms with Crippen molar-refractivity contribution in [3.05, 3.63) is 44.5 Å². The van der Waals surface area contributed by atoms with Crippen LogP contribution in [0.4, 0.5) is 0 Å². The average molecular weight is 1300 g/mol. The Morgan fingerprint density at radius 3 is 0.550 bits per heavy atom. The van der Waals surface area contributed by atoms with Crippen LogP contribution in [0.5, 0.6) is 0 Å². The number of carboxylic acids is 4. The van der Waals surface area contributed by atoms with Crippen LogP contribution in [0.25, 0.3) is 259 Å². The maximum Gasteiger partial charge on any atom is 0.317 e. The van der Waals surface area contributed by atoms with Gasteiger partial charge in [-0.05, 0) is 303 Å². The molecular weight excluding hydrogens is 1260 g/mol. The molecule has 4 atom stereocenters. The first-order chi connectivity index (χ1) is 49.0. The number of carbonyl (C=O) groups is 4. The van der Waals surface area contributed by atoms with E-state index in [1.807, 2.05) is 0 Å². The predicted octanol–water partition coefficient (Wildman–Crippen LogP) is 12.5. The number of likely N-dealkylation sites (tertiary alicyclic amines) is 2. The van der Waals surface area contributed by atoms with Crippen molar-refractivity contribution in [2.24, 2.45) is 0 Å². The Balaban J connectivity index is 0.675. The van der Waals surface area contributed by atoms with Crippen molar-refractivity contribution in [2.75, 3.05) is 131 Å². The lowest BCUT2D eigenvalue weighted by atomic mass is 9.50. The van der Waals surface area contributed by atoms with E-state index in [2.05, 4.69) is 9.80 Å². The first-order valence-corrected chi connectivity index (χ1v) is 36.1. The second-order valence-corrected chi connectivity index (χ2v) is 33.5. The van der Waals surface area contributed by atoms with Crippen molar-refractivity contribution in [1.82, 2.24) is 19.6 Å². The third-order valence-electron chi connectivity index (χ3n) is 31.1. The summed E-state index contributed by atoms with van der Waals surface area (Å²) in [6, 6.07) is 0. The molecular formula is C84H44N4O12. The van der Waals surface area contributed by atoms with Crippen molar-refractivity contribution < 1.29 is 58.6 Å². The first kappa shape index (κ1) is 48.1. The minimum Gasteiger partial charge on any atom is -0.480 e. The van der Waals surface area contributed by atoms with Crippen LogP contribution >= 0.6 is 0 Å². The molecule has 24 aromatic carbocycles. The minimum absolute atomic E-state index is 0.206.